The SMILES string of the molecule is Cc1ccc(C(c2ccccc2)c2ccccc2O)c(Br)c1. The van der Waals surface area contributed by atoms with E-state index in [-0.39, 0.29) is 5.92 Å². The normalized spacial score (nSPS) is 12.1. The molecule has 0 aromatic heterocycles. The maximum absolute atomic E-state index is 10.3. The number of aromatic hydroxyl groups is 1. The van der Waals surface area contributed by atoms with Crippen LogP contribution in [-0.2, 0) is 0 Å². The third-order valence-corrected chi connectivity index (χ3v) is 4.53. The van der Waals surface area contributed by atoms with Crippen molar-refractivity contribution in [2.75, 3.05) is 0 Å². The Morgan fingerprint density at radius 3 is 2.18 bits per heavy atom. The fourth-order valence-corrected chi connectivity index (χ4v) is 3.49. The molecule has 0 aliphatic rings. The Bertz CT molecular complexity index is 781. The third-order valence-electron chi connectivity index (χ3n) is 3.85. The Morgan fingerprint density at radius 2 is 1.50 bits per heavy atom. The molecule has 0 aliphatic carbocycles. The molecule has 0 saturated carbocycles. The number of aryl methyl sites for hydroxylation is 1. The van der Waals surface area contributed by atoms with Crippen LogP contribution in [0.2, 0.25) is 0 Å². The molecule has 3 aromatic rings. The molecule has 1 N–H and O–H groups in total. The fourth-order valence-electron chi connectivity index (χ4n) is 2.77. The van der Waals surface area contributed by atoms with Crippen LogP contribution in [0.25, 0.3) is 0 Å². The van der Waals surface area contributed by atoms with Crippen molar-refractivity contribution in [3.8, 4) is 5.75 Å². The Labute approximate surface area is 139 Å². The van der Waals surface area contributed by atoms with Crippen molar-refractivity contribution in [3.05, 3.63) is 99.5 Å². The molecule has 1 unspecified atom stereocenters. The van der Waals surface area contributed by atoms with Gasteiger partial charge in [0.1, 0.15) is 5.75 Å². The molecule has 0 amide bonds. The summed E-state index contributed by atoms with van der Waals surface area (Å²) in [6.45, 7) is 2.08. The molecule has 22 heavy (non-hydrogen) atoms. The summed E-state index contributed by atoms with van der Waals surface area (Å²) < 4.78 is 1.06. The van der Waals surface area contributed by atoms with E-state index in [1.165, 1.54) is 5.56 Å². The van der Waals surface area contributed by atoms with Crippen molar-refractivity contribution in [1.29, 1.82) is 0 Å². The number of phenols is 1. The molecule has 3 aromatic carbocycles. The first-order chi connectivity index (χ1) is 10.7. The molecule has 1 atom stereocenters. The average Bonchev–Trinajstić information content (AvgIpc) is 2.52. The molecular formula is C20H17BrO. The van der Waals surface area contributed by atoms with E-state index < -0.39 is 0 Å². The summed E-state index contributed by atoms with van der Waals surface area (Å²) in [5, 5.41) is 10.3. The van der Waals surface area contributed by atoms with Crippen LogP contribution in [0.3, 0.4) is 0 Å². The maximum Gasteiger partial charge on any atom is 0.119 e. The van der Waals surface area contributed by atoms with E-state index in [2.05, 4.69) is 53.2 Å². The highest BCUT2D eigenvalue weighted by atomic mass is 79.9. The van der Waals surface area contributed by atoms with Crippen LogP contribution in [0.1, 0.15) is 28.2 Å². The van der Waals surface area contributed by atoms with E-state index in [1.807, 2.05) is 36.4 Å². The second-order valence-electron chi connectivity index (χ2n) is 5.43. The van der Waals surface area contributed by atoms with E-state index in [4.69, 9.17) is 0 Å². The average molecular weight is 353 g/mol. The summed E-state index contributed by atoms with van der Waals surface area (Å²) in [5.74, 6) is 0.321. The molecule has 110 valence electrons. The monoisotopic (exact) mass is 352 g/mol. The second-order valence-corrected chi connectivity index (χ2v) is 6.28. The summed E-state index contributed by atoms with van der Waals surface area (Å²) in [6, 6.07) is 24.2. The molecule has 1 nitrogen and oxygen atoms in total. The Balaban J connectivity index is 2.22. The van der Waals surface area contributed by atoms with Crippen molar-refractivity contribution >= 4 is 15.9 Å². The largest absolute Gasteiger partial charge is 0.508 e. The Hall–Kier alpha value is -2.06. The van der Waals surface area contributed by atoms with Gasteiger partial charge in [-0.15, -0.1) is 0 Å². The number of phenolic OH excluding ortho intramolecular Hbond substituents is 1. The fraction of sp³-hybridized carbons (Fsp3) is 0.100. The highest BCUT2D eigenvalue weighted by Gasteiger charge is 2.21. The number of benzene rings is 3. The Morgan fingerprint density at radius 1 is 0.818 bits per heavy atom. The lowest BCUT2D eigenvalue weighted by Gasteiger charge is -2.21. The zero-order valence-corrected chi connectivity index (χ0v) is 13.9. The van der Waals surface area contributed by atoms with Gasteiger partial charge in [0, 0.05) is 16.0 Å². The first-order valence-electron chi connectivity index (χ1n) is 7.25. The standard InChI is InChI=1S/C20H17BrO/c1-14-11-12-16(18(21)13-14)20(15-7-3-2-4-8-15)17-9-5-6-10-19(17)22/h2-13,20,22H,1H3. The van der Waals surface area contributed by atoms with Crippen LogP contribution in [0.15, 0.2) is 77.3 Å². The molecule has 3 rings (SSSR count). The van der Waals surface area contributed by atoms with Crippen molar-refractivity contribution in [3.63, 3.8) is 0 Å². The van der Waals surface area contributed by atoms with Gasteiger partial charge >= 0.3 is 0 Å². The summed E-state index contributed by atoms with van der Waals surface area (Å²) in [4.78, 5) is 0. The predicted molar refractivity (Wildman–Crippen MR) is 94.4 cm³/mol. The van der Waals surface area contributed by atoms with E-state index in [9.17, 15) is 5.11 Å². The van der Waals surface area contributed by atoms with Gasteiger partial charge in [0.2, 0.25) is 0 Å². The summed E-state index contributed by atoms with van der Waals surface area (Å²) in [5.41, 5.74) is 4.44. The quantitative estimate of drug-likeness (QED) is 0.604. The third kappa shape index (κ3) is 2.93. The van der Waals surface area contributed by atoms with Gasteiger partial charge in [-0.1, -0.05) is 76.6 Å². The van der Waals surface area contributed by atoms with Crippen LogP contribution in [-0.4, -0.2) is 5.11 Å². The molecule has 0 saturated heterocycles. The van der Waals surface area contributed by atoms with Gasteiger partial charge in [-0.2, -0.15) is 0 Å². The van der Waals surface area contributed by atoms with Crippen molar-refractivity contribution in [2.45, 2.75) is 12.8 Å². The van der Waals surface area contributed by atoms with E-state index in [1.54, 1.807) is 6.07 Å². The molecule has 0 bridgehead atoms. The minimum atomic E-state index is -0.00243. The van der Waals surface area contributed by atoms with Crippen molar-refractivity contribution in [2.24, 2.45) is 0 Å². The first-order valence-corrected chi connectivity index (χ1v) is 8.05. The van der Waals surface area contributed by atoms with Crippen LogP contribution in [0.5, 0.6) is 5.75 Å². The Kier molecular flexibility index (Phi) is 4.30. The van der Waals surface area contributed by atoms with Crippen LogP contribution >= 0.6 is 15.9 Å². The molecule has 0 heterocycles. The van der Waals surface area contributed by atoms with Gasteiger partial charge < -0.3 is 5.11 Å². The lowest BCUT2D eigenvalue weighted by Crippen LogP contribution is -2.04. The zero-order valence-electron chi connectivity index (χ0n) is 12.3. The van der Waals surface area contributed by atoms with Gasteiger partial charge in [-0.25, -0.2) is 0 Å². The minimum Gasteiger partial charge on any atom is -0.508 e. The van der Waals surface area contributed by atoms with Gasteiger partial charge in [0.15, 0.2) is 0 Å². The number of hydrogen-bond acceptors (Lipinski definition) is 1. The van der Waals surface area contributed by atoms with E-state index >= 15 is 0 Å². The van der Waals surface area contributed by atoms with Crippen LogP contribution < -0.4 is 0 Å². The van der Waals surface area contributed by atoms with Gasteiger partial charge in [0.25, 0.3) is 0 Å². The van der Waals surface area contributed by atoms with Crippen molar-refractivity contribution in [1.82, 2.24) is 0 Å². The summed E-state index contributed by atoms with van der Waals surface area (Å²) in [7, 11) is 0. The zero-order chi connectivity index (χ0) is 15.5. The molecule has 0 radical (unpaired) electrons. The highest BCUT2D eigenvalue weighted by Crippen LogP contribution is 2.39. The van der Waals surface area contributed by atoms with E-state index in [0.29, 0.717) is 5.75 Å². The second kappa shape index (κ2) is 6.37. The molecular weight excluding hydrogens is 336 g/mol. The molecule has 0 spiro atoms. The summed E-state index contributed by atoms with van der Waals surface area (Å²) in [6.07, 6.45) is 0. The van der Waals surface area contributed by atoms with Gasteiger partial charge in [-0.3, -0.25) is 0 Å². The first kappa shape index (κ1) is 14.9. The number of para-hydroxylation sites is 1. The number of rotatable bonds is 3. The lowest BCUT2D eigenvalue weighted by atomic mass is 9.84. The smallest absolute Gasteiger partial charge is 0.119 e. The molecule has 0 fully saturated rings. The lowest BCUT2D eigenvalue weighted by molar-refractivity contribution is 0.467. The van der Waals surface area contributed by atoms with Gasteiger partial charge in [-0.05, 0) is 35.7 Å². The van der Waals surface area contributed by atoms with Gasteiger partial charge in [0.05, 0.1) is 0 Å². The van der Waals surface area contributed by atoms with Crippen LogP contribution in [0, 0.1) is 6.92 Å². The number of hydrogen-bond donors (Lipinski definition) is 1. The molecule has 0 aliphatic heterocycles. The minimum absolute atomic E-state index is 0.00243. The number of halogens is 1. The van der Waals surface area contributed by atoms with Crippen LogP contribution in [0.4, 0.5) is 0 Å². The maximum atomic E-state index is 10.3. The van der Waals surface area contributed by atoms with E-state index in [0.717, 1.165) is 21.2 Å². The predicted octanol–water partition coefficient (Wildman–Crippen LogP) is 5.64. The van der Waals surface area contributed by atoms with Crippen molar-refractivity contribution < 1.29 is 5.11 Å². The topological polar surface area (TPSA) is 20.2 Å². The molecule has 2 heteroatoms. The highest BCUT2D eigenvalue weighted by molar-refractivity contribution is 9.10. The summed E-state index contributed by atoms with van der Waals surface area (Å²) >= 11 is 3.69.